The van der Waals surface area contributed by atoms with Gasteiger partial charge in [-0.15, -0.1) is 0 Å². The maximum Gasteiger partial charge on any atom is 0.244 e. The van der Waals surface area contributed by atoms with E-state index in [-0.39, 0.29) is 11.9 Å². The maximum absolute atomic E-state index is 12.4. The number of hydrogen-bond acceptors (Lipinski definition) is 3. The third-order valence-electron chi connectivity index (χ3n) is 3.75. The van der Waals surface area contributed by atoms with Crippen molar-refractivity contribution in [3.05, 3.63) is 30.1 Å². The molecule has 3 heterocycles. The number of pyridine rings is 1. The first kappa shape index (κ1) is 10.7. The average Bonchev–Trinajstić information content (AvgIpc) is 2.40. The van der Waals surface area contributed by atoms with Gasteiger partial charge in [-0.3, -0.25) is 9.78 Å². The van der Waals surface area contributed by atoms with E-state index in [9.17, 15) is 4.79 Å². The number of nitrogens with zero attached hydrogens (tertiary/aromatic N) is 2. The lowest BCUT2D eigenvalue weighted by Gasteiger charge is -2.42. The highest BCUT2D eigenvalue weighted by molar-refractivity contribution is 5.84. The van der Waals surface area contributed by atoms with Crippen LogP contribution in [0.4, 0.5) is 0 Å². The van der Waals surface area contributed by atoms with Gasteiger partial charge in [0.05, 0.1) is 0 Å². The minimum Gasteiger partial charge on any atom is -0.337 e. The second-order valence-electron chi connectivity index (χ2n) is 4.80. The molecule has 0 aliphatic carbocycles. The Morgan fingerprint density at radius 2 is 2.12 bits per heavy atom. The van der Waals surface area contributed by atoms with Crippen LogP contribution in [-0.2, 0) is 4.79 Å². The summed E-state index contributed by atoms with van der Waals surface area (Å²) in [5.41, 5.74) is 1.02. The lowest BCUT2D eigenvalue weighted by molar-refractivity contribution is -0.140. The summed E-state index contributed by atoms with van der Waals surface area (Å²) in [6, 6.07) is 4.07. The fraction of sp³-hybridized carbons (Fsp3) is 0.538. The SMILES string of the molecule is O=C1C(c2ccncc2)NCC2CCCCN12. The van der Waals surface area contributed by atoms with Crippen LogP contribution in [-0.4, -0.2) is 34.9 Å². The molecule has 0 saturated carbocycles. The molecule has 0 radical (unpaired) electrons. The smallest absolute Gasteiger partial charge is 0.244 e. The molecule has 4 nitrogen and oxygen atoms in total. The van der Waals surface area contributed by atoms with Gasteiger partial charge < -0.3 is 10.2 Å². The second kappa shape index (κ2) is 4.45. The number of hydrogen-bond donors (Lipinski definition) is 1. The molecule has 0 bridgehead atoms. The van der Waals surface area contributed by atoms with E-state index in [1.54, 1.807) is 12.4 Å². The van der Waals surface area contributed by atoms with Gasteiger partial charge in [0.1, 0.15) is 6.04 Å². The van der Waals surface area contributed by atoms with Crippen LogP contribution < -0.4 is 5.32 Å². The van der Waals surface area contributed by atoms with Gasteiger partial charge in [-0.25, -0.2) is 0 Å². The minimum absolute atomic E-state index is 0.174. The fourth-order valence-electron chi connectivity index (χ4n) is 2.83. The van der Waals surface area contributed by atoms with Gasteiger partial charge in [-0.05, 0) is 37.0 Å². The first-order chi connectivity index (χ1) is 8.36. The lowest BCUT2D eigenvalue weighted by atomic mass is 9.95. The van der Waals surface area contributed by atoms with E-state index in [0.29, 0.717) is 6.04 Å². The van der Waals surface area contributed by atoms with E-state index >= 15 is 0 Å². The number of carbonyl (C=O) groups excluding carboxylic acids is 1. The van der Waals surface area contributed by atoms with Gasteiger partial charge >= 0.3 is 0 Å². The Labute approximate surface area is 101 Å². The molecule has 2 unspecified atom stereocenters. The summed E-state index contributed by atoms with van der Waals surface area (Å²) in [6.45, 7) is 1.84. The van der Waals surface area contributed by atoms with E-state index in [1.165, 1.54) is 6.42 Å². The van der Waals surface area contributed by atoms with Gasteiger partial charge in [0.15, 0.2) is 0 Å². The Kier molecular flexibility index (Phi) is 2.81. The van der Waals surface area contributed by atoms with Crippen molar-refractivity contribution in [1.82, 2.24) is 15.2 Å². The van der Waals surface area contributed by atoms with Crippen molar-refractivity contribution in [2.24, 2.45) is 0 Å². The molecule has 0 aromatic carbocycles. The van der Waals surface area contributed by atoms with Crippen LogP contribution in [0, 0.1) is 0 Å². The predicted octanol–water partition coefficient (Wildman–Crippen LogP) is 1.11. The molecule has 17 heavy (non-hydrogen) atoms. The highest BCUT2D eigenvalue weighted by Gasteiger charge is 2.36. The number of piperazine rings is 1. The van der Waals surface area contributed by atoms with E-state index in [1.807, 2.05) is 12.1 Å². The molecule has 1 N–H and O–H groups in total. The van der Waals surface area contributed by atoms with Crippen molar-refractivity contribution in [2.75, 3.05) is 13.1 Å². The first-order valence-corrected chi connectivity index (χ1v) is 6.30. The Morgan fingerprint density at radius 1 is 1.29 bits per heavy atom. The summed E-state index contributed by atoms with van der Waals surface area (Å²) in [6.07, 6.45) is 7.02. The second-order valence-corrected chi connectivity index (χ2v) is 4.80. The van der Waals surface area contributed by atoms with Crippen LogP contribution in [0.25, 0.3) is 0 Å². The van der Waals surface area contributed by atoms with Crippen LogP contribution in [0.5, 0.6) is 0 Å². The minimum atomic E-state index is -0.174. The molecule has 2 atom stereocenters. The zero-order chi connectivity index (χ0) is 11.7. The molecule has 2 aliphatic heterocycles. The monoisotopic (exact) mass is 231 g/mol. The lowest BCUT2D eigenvalue weighted by Crippen LogP contribution is -2.57. The van der Waals surface area contributed by atoms with Gasteiger partial charge in [0, 0.05) is 31.5 Å². The fourth-order valence-corrected chi connectivity index (χ4v) is 2.83. The van der Waals surface area contributed by atoms with Gasteiger partial charge in [0.25, 0.3) is 0 Å². The van der Waals surface area contributed by atoms with E-state index in [2.05, 4.69) is 15.2 Å². The van der Waals surface area contributed by atoms with Crippen LogP contribution in [0.1, 0.15) is 30.9 Å². The zero-order valence-electron chi connectivity index (χ0n) is 9.80. The quantitative estimate of drug-likeness (QED) is 0.787. The van der Waals surface area contributed by atoms with Crippen molar-refractivity contribution in [2.45, 2.75) is 31.3 Å². The molecule has 2 saturated heterocycles. The largest absolute Gasteiger partial charge is 0.337 e. The number of piperidine rings is 1. The van der Waals surface area contributed by atoms with Crippen molar-refractivity contribution < 1.29 is 4.79 Å². The Balaban J connectivity index is 1.82. The molecular formula is C13H17N3O. The topological polar surface area (TPSA) is 45.2 Å². The van der Waals surface area contributed by atoms with Crippen molar-refractivity contribution in [3.63, 3.8) is 0 Å². The van der Waals surface area contributed by atoms with Gasteiger partial charge in [-0.2, -0.15) is 0 Å². The third kappa shape index (κ3) is 1.93. The normalized spacial score (nSPS) is 28.9. The number of fused-ring (bicyclic) bond motifs is 1. The zero-order valence-corrected chi connectivity index (χ0v) is 9.80. The van der Waals surface area contributed by atoms with E-state index in [4.69, 9.17) is 0 Å². The van der Waals surface area contributed by atoms with Crippen molar-refractivity contribution in [3.8, 4) is 0 Å². The third-order valence-corrected chi connectivity index (χ3v) is 3.75. The molecule has 1 amide bonds. The Morgan fingerprint density at radius 3 is 2.94 bits per heavy atom. The van der Waals surface area contributed by atoms with E-state index in [0.717, 1.165) is 31.5 Å². The van der Waals surface area contributed by atoms with Crippen molar-refractivity contribution in [1.29, 1.82) is 0 Å². The molecule has 1 aromatic rings. The predicted molar refractivity (Wildman–Crippen MR) is 64.3 cm³/mol. The maximum atomic E-state index is 12.4. The summed E-state index contributed by atoms with van der Waals surface area (Å²) in [4.78, 5) is 18.5. The summed E-state index contributed by atoms with van der Waals surface area (Å²) in [7, 11) is 0. The summed E-state index contributed by atoms with van der Waals surface area (Å²) in [5, 5.41) is 3.37. The Hall–Kier alpha value is -1.42. The number of aromatic nitrogens is 1. The number of carbonyl (C=O) groups is 1. The highest BCUT2D eigenvalue weighted by atomic mass is 16.2. The Bertz CT molecular complexity index is 406. The molecule has 0 spiro atoms. The molecule has 90 valence electrons. The molecular weight excluding hydrogens is 214 g/mol. The van der Waals surface area contributed by atoms with E-state index < -0.39 is 0 Å². The van der Waals surface area contributed by atoms with Crippen molar-refractivity contribution >= 4 is 5.91 Å². The average molecular weight is 231 g/mol. The number of rotatable bonds is 1. The van der Waals surface area contributed by atoms with Gasteiger partial charge in [0.2, 0.25) is 5.91 Å². The molecule has 2 fully saturated rings. The summed E-state index contributed by atoms with van der Waals surface area (Å²) in [5.74, 6) is 0.229. The standard InChI is InChI=1S/C13H17N3O/c17-13-12(10-4-6-14-7-5-10)15-9-11-3-1-2-8-16(11)13/h4-7,11-12,15H,1-3,8-9H2. The molecule has 2 aliphatic rings. The number of amides is 1. The van der Waals surface area contributed by atoms with Gasteiger partial charge in [-0.1, -0.05) is 0 Å². The van der Waals surface area contributed by atoms with Crippen LogP contribution in [0.15, 0.2) is 24.5 Å². The molecule has 4 heteroatoms. The first-order valence-electron chi connectivity index (χ1n) is 6.30. The highest BCUT2D eigenvalue weighted by Crippen LogP contribution is 2.26. The molecule has 1 aromatic heterocycles. The number of nitrogens with one attached hydrogen (secondary N) is 1. The molecule has 3 rings (SSSR count). The summed E-state index contributed by atoms with van der Waals surface area (Å²) < 4.78 is 0. The van der Waals surface area contributed by atoms with Crippen LogP contribution >= 0.6 is 0 Å². The van der Waals surface area contributed by atoms with Crippen LogP contribution in [0.3, 0.4) is 0 Å². The van der Waals surface area contributed by atoms with Crippen LogP contribution in [0.2, 0.25) is 0 Å². The summed E-state index contributed by atoms with van der Waals surface area (Å²) >= 11 is 0.